The lowest BCUT2D eigenvalue weighted by molar-refractivity contribution is -0.127. The highest BCUT2D eigenvalue weighted by Crippen LogP contribution is 2.49. The van der Waals surface area contributed by atoms with E-state index in [-0.39, 0.29) is 30.3 Å². The summed E-state index contributed by atoms with van der Waals surface area (Å²) in [5, 5.41) is 5.65. The van der Waals surface area contributed by atoms with E-state index in [1.54, 1.807) is 0 Å². The van der Waals surface area contributed by atoms with Crippen LogP contribution in [-0.2, 0) is 9.59 Å². The van der Waals surface area contributed by atoms with E-state index in [0.29, 0.717) is 5.92 Å². The predicted molar refractivity (Wildman–Crippen MR) is 82.4 cm³/mol. The summed E-state index contributed by atoms with van der Waals surface area (Å²) in [5.74, 6) is 1.97. The Hall–Kier alpha value is -1.10. The quantitative estimate of drug-likeness (QED) is 0.684. The minimum Gasteiger partial charge on any atom is -0.352 e. The van der Waals surface area contributed by atoms with Gasteiger partial charge in [-0.3, -0.25) is 9.59 Å². The van der Waals surface area contributed by atoms with Crippen LogP contribution in [0.1, 0.15) is 46.5 Å². The van der Waals surface area contributed by atoms with Gasteiger partial charge in [0, 0.05) is 6.04 Å². The summed E-state index contributed by atoms with van der Waals surface area (Å²) in [6.45, 7) is 5.89. The van der Waals surface area contributed by atoms with E-state index in [9.17, 15) is 9.59 Å². The number of fused-ring (bicyclic) bond motifs is 2. The second-order valence-electron chi connectivity index (χ2n) is 7.18. The molecule has 2 amide bonds. The van der Waals surface area contributed by atoms with Crippen molar-refractivity contribution in [3.05, 3.63) is 0 Å². The van der Waals surface area contributed by atoms with Gasteiger partial charge in [0.15, 0.2) is 0 Å². The van der Waals surface area contributed by atoms with Crippen molar-refractivity contribution < 1.29 is 9.59 Å². The average Bonchev–Trinajstić information content (AvgIpc) is 3.06. The van der Waals surface area contributed by atoms with Gasteiger partial charge in [0.2, 0.25) is 11.8 Å². The molecule has 4 unspecified atom stereocenters. The second-order valence-corrected chi connectivity index (χ2v) is 7.18. The molecule has 0 aromatic rings. The van der Waals surface area contributed by atoms with Gasteiger partial charge in [0.1, 0.15) is 0 Å². The number of hydrogen-bond acceptors (Lipinski definition) is 3. The number of hydrogen-bond donors (Lipinski definition) is 3. The molecular weight excluding hydrogens is 266 g/mol. The first-order valence-electron chi connectivity index (χ1n) is 8.21. The van der Waals surface area contributed by atoms with Crippen molar-refractivity contribution in [1.82, 2.24) is 10.6 Å². The highest BCUT2D eigenvalue weighted by atomic mass is 16.2. The molecule has 0 aromatic carbocycles. The van der Waals surface area contributed by atoms with E-state index in [1.165, 1.54) is 25.7 Å². The van der Waals surface area contributed by atoms with E-state index in [2.05, 4.69) is 17.6 Å². The third-order valence-corrected chi connectivity index (χ3v) is 5.27. The van der Waals surface area contributed by atoms with E-state index >= 15 is 0 Å². The number of nitrogens with one attached hydrogen (secondary N) is 2. The summed E-state index contributed by atoms with van der Waals surface area (Å²) in [4.78, 5) is 23.7. The third-order valence-electron chi connectivity index (χ3n) is 5.27. The molecular formula is C16H29N3O2. The average molecular weight is 295 g/mol. The maximum atomic E-state index is 11.9. The van der Waals surface area contributed by atoms with Gasteiger partial charge in [-0.15, -0.1) is 0 Å². The summed E-state index contributed by atoms with van der Waals surface area (Å²) in [6, 6.07) is -0.357. The van der Waals surface area contributed by atoms with E-state index in [4.69, 9.17) is 5.73 Å². The van der Waals surface area contributed by atoms with Crippen molar-refractivity contribution in [2.75, 3.05) is 6.54 Å². The van der Waals surface area contributed by atoms with Crippen LogP contribution in [0.5, 0.6) is 0 Å². The minimum atomic E-state index is -0.555. The van der Waals surface area contributed by atoms with Crippen LogP contribution in [0.3, 0.4) is 0 Å². The van der Waals surface area contributed by atoms with Crippen molar-refractivity contribution >= 4 is 11.8 Å². The summed E-state index contributed by atoms with van der Waals surface area (Å²) >= 11 is 0. The molecule has 2 aliphatic carbocycles. The molecule has 2 aliphatic rings. The molecule has 4 N–H and O–H groups in total. The molecule has 0 aromatic heterocycles. The van der Waals surface area contributed by atoms with Crippen LogP contribution < -0.4 is 16.4 Å². The van der Waals surface area contributed by atoms with Crippen molar-refractivity contribution in [1.29, 1.82) is 0 Å². The second kappa shape index (κ2) is 6.77. The fourth-order valence-electron chi connectivity index (χ4n) is 3.91. The van der Waals surface area contributed by atoms with Crippen molar-refractivity contribution in [3.8, 4) is 0 Å². The van der Waals surface area contributed by atoms with Crippen LogP contribution in [0.2, 0.25) is 0 Å². The lowest BCUT2D eigenvalue weighted by Gasteiger charge is -2.28. The van der Waals surface area contributed by atoms with Gasteiger partial charge in [-0.25, -0.2) is 0 Å². The van der Waals surface area contributed by atoms with E-state index < -0.39 is 6.04 Å². The normalized spacial score (nSPS) is 30.2. The summed E-state index contributed by atoms with van der Waals surface area (Å²) in [7, 11) is 0. The van der Waals surface area contributed by atoms with Gasteiger partial charge in [-0.2, -0.15) is 0 Å². The number of carbonyl (C=O) groups excluding carboxylic acids is 2. The molecule has 2 bridgehead atoms. The van der Waals surface area contributed by atoms with E-state index in [1.807, 2.05) is 13.8 Å². The van der Waals surface area contributed by atoms with Gasteiger partial charge in [0.05, 0.1) is 12.6 Å². The Bertz CT molecular complexity index is 397. The molecule has 5 heteroatoms. The number of amides is 2. The van der Waals surface area contributed by atoms with Gasteiger partial charge in [0.25, 0.3) is 0 Å². The molecule has 5 atom stereocenters. The fourth-order valence-corrected chi connectivity index (χ4v) is 3.91. The fraction of sp³-hybridized carbons (Fsp3) is 0.875. The first-order chi connectivity index (χ1) is 9.88. The standard InChI is InChI=1S/C16H29N3O2/c1-9(2)15(17)16(21)18-8-14(20)19-10(3)13-7-11-4-5-12(13)6-11/h9-13,15H,4-8,17H2,1-3H3,(H,18,21)(H,19,20)/t10?,11?,12?,13?,15-/m0/s1. The third kappa shape index (κ3) is 3.96. The van der Waals surface area contributed by atoms with Crippen LogP contribution in [0.4, 0.5) is 0 Å². The zero-order valence-electron chi connectivity index (χ0n) is 13.4. The number of rotatable bonds is 6. The highest BCUT2D eigenvalue weighted by Gasteiger charge is 2.42. The zero-order chi connectivity index (χ0) is 15.6. The molecule has 0 saturated heterocycles. The molecule has 2 fully saturated rings. The van der Waals surface area contributed by atoms with E-state index in [0.717, 1.165) is 11.8 Å². The molecule has 0 radical (unpaired) electrons. The monoisotopic (exact) mass is 295 g/mol. The van der Waals surface area contributed by atoms with Gasteiger partial charge < -0.3 is 16.4 Å². The van der Waals surface area contributed by atoms with Gasteiger partial charge in [-0.05, 0) is 49.9 Å². The van der Waals surface area contributed by atoms with Crippen molar-refractivity contribution in [3.63, 3.8) is 0 Å². The Morgan fingerprint density at radius 2 is 1.90 bits per heavy atom. The van der Waals surface area contributed by atoms with Crippen LogP contribution in [0.25, 0.3) is 0 Å². The maximum absolute atomic E-state index is 11.9. The van der Waals surface area contributed by atoms with Crippen LogP contribution in [0.15, 0.2) is 0 Å². The molecule has 2 saturated carbocycles. The molecule has 0 heterocycles. The van der Waals surface area contributed by atoms with Crippen LogP contribution in [-0.4, -0.2) is 30.4 Å². The summed E-state index contributed by atoms with van der Waals surface area (Å²) in [6.07, 6.45) is 5.27. The number of carbonyl (C=O) groups is 2. The van der Waals surface area contributed by atoms with Gasteiger partial charge >= 0.3 is 0 Å². The molecule has 2 rings (SSSR count). The Labute approximate surface area is 127 Å². The molecule has 120 valence electrons. The molecule has 0 aliphatic heterocycles. The zero-order valence-corrected chi connectivity index (χ0v) is 13.4. The Balaban J connectivity index is 1.71. The maximum Gasteiger partial charge on any atom is 0.239 e. The Kier molecular flexibility index (Phi) is 5.25. The largest absolute Gasteiger partial charge is 0.352 e. The molecule has 21 heavy (non-hydrogen) atoms. The lowest BCUT2D eigenvalue weighted by Crippen LogP contribution is -2.49. The van der Waals surface area contributed by atoms with Crippen LogP contribution >= 0.6 is 0 Å². The van der Waals surface area contributed by atoms with Crippen LogP contribution in [0, 0.1) is 23.7 Å². The SMILES string of the molecule is CC(NC(=O)CNC(=O)[C@@H](N)C(C)C)C1CC2CCC1C2. The summed E-state index contributed by atoms with van der Waals surface area (Å²) in [5.41, 5.74) is 5.74. The lowest BCUT2D eigenvalue weighted by atomic mass is 9.84. The topological polar surface area (TPSA) is 84.2 Å². The number of nitrogens with two attached hydrogens (primary N) is 1. The highest BCUT2D eigenvalue weighted by molar-refractivity contribution is 5.87. The summed E-state index contributed by atoms with van der Waals surface area (Å²) < 4.78 is 0. The first-order valence-corrected chi connectivity index (χ1v) is 8.21. The van der Waals surface area contributed by atoms with Gasteiger partial charge in [-0.1, -0.05) is 20.3 Å². The van der Waals surface area contributed by atoms with Crippen molar-refractivity contribution in [2.24, 2.45) is 29.4 Å². The molecule has 0 spiro atoms. The van der Waals surface area contributed by atoms with Crippen molar-refractivity contribution in [2.45, 2.75) is 58.5 Å². The predicted octanol–water partition coefficient (Wildman–Crippen LogP) is 1.03. The smallest absolute Gasteiger partial charge is 0.239 e. The molecule has 5 nitrogen and oxygen atoms in total. The first kappa shape index (κ1) is 16.3. The minimum absolute atomic E-state index is 0.0183. The Morgan fingerprint density at radius 1 is 1.19 bits per heavy atom. The Morgan fingerprint density at radius 3 is 2.43 bits per heavy atom.